The van der Waals surface area contributed by atoms with E-state index >= 15 is 0 Å². The Labute approximate surface area is 87.1 Å². The van der Waals surface area contributed by atoms with Crippen LogP contribution in [0.2, 0.25) is 0 Å². The van der Waals surface area contributed by atoms with Gasteiger partial charge in [0, 0.05) is 12.4 Å². The van der Waals surface area contributed by atoms with Gasteiger partial charge in [-0.25, -0.2) is 4.98 Å². The van der Waals surface area contributed by atoms with Crippen LogP contribution in [0.5, 0.6) is 0 Å². The number of aromatic amines is 1. The predicted octanol–water partition coefficient (Wildman–Crippen LogP) is 1.13. The van der Waals surface area contributed by atoms with Crippen LogP contribution in [0.4, 0.5) is 0 Å². The maximum atomic E-state index is 5.15. The second-order valence-electron chi connectivity index (χ2n) is 3.14. The minimum Gasteiger partial charge on any atom is -0.342 e. The van der Waals surface area contributed by atoms with Crippen LogP contribution in [0.3, 0.4) is 0 Å². The van der Waals surface area contributed by atoms with Crippen LogP contribution in [0.25, 0.3) is 11.6 Å². The topological polar surface area (TPSA) is 79.6 Å². The molecule has 2 heterocycles. The summed E-state index contributed by atoms with van der Waals surface area (Å²) in [7, 11) is 1.87. The van der Waals surface area contributed by atoms with Crippen LogP contribution in [0.1, 0.15) is 25.3 Å². The van der Waals surface area contributed by atoms with Crippen molar-refractivity contribution in [1.29, 1.82) is 0 Å². The Hall–Kier alpha value is -1.69. The van der Waals surface area contributed by atoms with Crippen molar-refractivity contribution in [2.24, 2.45) is 0 Å². The molecule has 6 nitrogen and oxygen atoms in total. The highest BCUT2D eigenvalue weighted by Crippen LogP contribution is 2.17. The SMILES string of the molecule is CCC(NC)c1nc(-c2ncc[nH]2)no1. The molecule has 2 aromatic rings. The van der Waals surface area contributed by atoms with Crippen molar-refractivity contribution in [3.05, 3.63) is 18.3 Å². The third-order valence-electron chi connectivity index (χ3n) is 2.21. The second kappa shape index (κ2) is 4.22. The van der Waals surface area contributed by atoms with E-state index in [0.29, 0.717) is 17.5 Å². The van der Waals surface area contributed by atoms with E-state index in [-0.39, 0.29) is 6.04 Å². The summed E-state index contributed by atoms with van der Waals surface area (Å²) < 4.78 is 5.15. The lowest BCUT2D eigenvalue weighted by Gasteiger charge is -2.06. The van der Waals surface area contributed by atoms with Gasteiger partial charge in [-0.05, 0) is 13.5 Å². The fraction of sp³-hybridized carbons (Fsp3) is 0.444. The van der Waals surface area contributed by atoms with E-state index in [4.69, 9.17) is 4.52 Å². The molecule has 2 rings (SSSR count). The Morgan fingerprint density at radius 2 is 2.47 bits per heavy atom. The van der Waals surface area contributed by atoms with E-state index < -0.39 is 0 Å². The maximum absolute atomic E-state index is 5.15. The van der Waals surface area contributed by atoms with Gasteiger partial charge in [-0.2, -0.15) is 4.98 Å². The third-order valence-corrected chi connectivity index (χ3v) is 2.21. The number of nitrogens with zero attached hydrogens (tertiary/aromatic N) is 3. The third kappa shape index (κ3) is 1.89. The van der Waals surface area contributed by atoms with Gasteiger partial charge in [0.05, 0.1) is 6.04 Å². The zero-order valence-electron chi connectivity index (χ0n) is 8.69. The van der Waals surface area contributed by atoms with Crippen molar-refractivity contribution < 1.29 is 4.52 Å². The number of nitrogens with one attached hydrogen (secondary N) is 2. The Kier molecular flexibility index (Phi) is 2.77. The molecule has 80 valence electrons. The van der Waals surface area contributed by atoms with Crippen molar-refractivity contribution in [3.8, 4) is 11.6 Å². The quantitative estimate of drug-likeness (QED) is 0.785. The Bertz CT molecular complexity index is 404. The van der Waals surface area contributed by atoms with Gasteiger partial charge in [-0.1, -0.05) is 12.1 Å². The van der Waals surface area contributed by atoms with Gasteiger partial charge in [0.25, 0.3) is 0 Å². The summed E-state index contributed by atoms with van der Waals surface area (Å²) in [6.45, 7) is 2.05. The zero-order chi connectivity index (χ0) is 10.7. The first-order chi connectivity index (χ1) is 7.35. The molecule has 0 aliphatic rings. The molecule has 0 radical (unpaired) electrons. The molecule has 0 aromatic carbocycles. The first-order valence-corrected chi connectivity index (χ1v) is 4.85. The number of aromatic nitrogens is 4. The molecular formula is C9H13N5O. The van der Waals surface area contributed by atoms with Gasteiger partial charge in [-0.15, -0.1) is 0 Å². The standard InChI is InChI=1S/C9H13N5O/c1-3-6(10-2)9-13-8(14-15-9)7-11-4-5-12-7/h4-6,10H,3H2,1-2H3,(H,11,12). The highest BCUT2D eigenvalue weighted by atomic mass is 16.5. The summed E-state index contributed by atoms with van der Waals surface area (Å²) in [5.74, 6) is 1.70. The lowest BCUT2D eigenvalue weighted by Crippen LogP contribution is -2.15. The number of H-pyrrole nitrogens is 1. The number of imidazole rings is 1. The fourth-order valence-electron chi connectivity index (χ4n) is 1.36. The summed E-state index contributed by atoms with van der Waals surface area (Å²) in [5.41, 5.74) is 0. The van der Waals surface area contributed by atoms with Crippen LogP contribution in [0.15, 0.2) is 16.9 Å². The van der Waals surface area contributed by atoms with E-state index in [9.17, 15) is 0 Å². The summed E-state index contributed by atoms with van der Waals surface area (Å²) in [6, 6.07) is 0.0983. The molecule has 1 atom stereocenters. The van der Waals surface area contributed by atoms with Crippen LogP contribution < -0.4 is 5.32 Å². The van der Waals surface area contributed by atoms with Crippen molar-refractivity contribution in [1.82, 2.24) is 25.4 Å². The first kappa shape index (κ1) is 9.85. The van der Waals surface area contributed by atoms with Gasteiger partial charge in [0.15, 0.2) is 5.82 Å². The summed E-state index contributed by atoms with van der Waals surface area (Å²) in [5, 5.41) is 6.96. The Balaban J connectivity index is 2.24. The highest BCUT2D eigenvalue weighted by molar-refractivity contribution is 5.40. The second-order valence-corrected chi connectivity index (χ2v) is 3.14. The van der Waals surface area contributed by atoms with Crippen molar-refractivity contribution in [2.75, 3.05) is 7.05 Å². The summed E-state index contributed by atoms with van der Waals surface area (Å²) in [6.07, 6.45) is 4.28. The molecule has 1 unspecified atom stereocenters. The van der Waals surface area contributed by atoms with Crippen LogP contribution >= 0.6 is 0 Å². The molecule has 15 heavy (non-hydrogen) atoms. The lowest BCUT2D eigenvalue weighted by atomic mass is 10.2. The number of rotatable bonds is 4. The average Bonchev–Trinajstić information content (AvgIpc) is 2.89. The molecule has 0 bridgehead atoms. The van der Waals surface area contributed by atoms with Crippen LogP contribution in [-0.2, 0) is 0 Å². The molecule has 0 amide bonds. The largest absolute Gasteiger partial charge is 0.342 e. The van der Waals surface area contributed by atoms with Crippen LogP contribution in [0, 0.1) is 0 Å². The molecule has 0 saturated carbocycles. The molecule has 0 aliphatic heterocycles. The maximum Gasteiger partial charge on any atom is 0.244 e. The minimum atomic E-state index is 0.0983. The van der Waals surface area contributed by atoms with Crippen LogP contribution in [-0.4, -0.2) is 27.2 Å². The van der Waals surface area contributed by atoms with Gasteiger partial charge >= 0.3 is 0 Å². The molecule has 0 saturated heterocycles. The molecule has 0 aliphatic carbocycles. The van der Waals surface area contributed by atoms with Gasteiger partial charge in [-0.3, -0.25) is 0 Å². The molecule has 0 fully saturated rings. The van der Waals surface area contributed by atoms with Crippen molar-refractivity contribution >= 4 is 0 Å². The summed E-state index contributed by atoms with van der Waals surface area (Å²) in [4.78, 5) is 11.2. The molecule has 2 aromatic heterocycles. The van der Waals surface area contributed by atoms with E-state index in [1.165, 1.54) is 0 Å². The smallest absolute Gasteiger partial charge is 0.244 e. The van der Waals surface area contributed by atoms with E-state index in [1.807, 2.05) is 7.05 Å². The van der Waals surface area contributed by atoms with E-state index in [0.717, 1.165) is 6.42 Å². The Morgan fingerprint density at radius 3 is 3.07 bits per heavy atom. The monoisotopic (exact) mass is 207 g/mol. The fourth-order valence-corrected chi connectivity index (χ4v) is 1.36. The molecule has 6 heteroatoms. The van der Waals surface area contributed by atoms with E-state index in [2.05, 4.69) is 32.3 Å². The average molecular weight is 207 g/mol. The number of hydrogen-bond donors (Lipinski definition) is 2. The molecule has 0 spiro atoms. The lowest BCUT2D eigenvalue weighted by molar-refractivity contribution is 0.334. The number of hydrogen-bond acceptors (Lipinski definition) is 5. The van der Waals surface area contributed by atoms with E-state index in [1.54, 1.807) is 12.4 Å². The van der Waals surface area contributed by atoms with Gasteiger partial charge in [0.1, 0.15) is 0 Å². The molecular weight excluding hydrogens is 194 g/mol. The molecule has 2 N–H and O–H groups in total. The minimum absolute atomic E-state index is 0.0983. The van der Waals surface area contributed by atoms with Crippen molar-refractivity contribution in [3.63, 3.8) is 0 Å². The van der Waals surface area contributed by atoms with Crippen molar-refractivity contribution in [2.45, 2.75) is 19.4 Å². The normalized spacial score (nSPS) is 12.9. The van der Waals surface area contributed by atoms with Gasteiger partial charge in [0.2, 0.25) is 11.7 Å². The zero-order valence-corrected chi connectivity index (χ0v) is 8.69. The Morgan fingerprint density at radius 1 is 1.60 bits per heavy atom. The predicted molar refractivity (Wildman–Crippen MR) is 54.0 cm³/mol. The summed E-state index contributed by atoms with van der Waals surface area (Å²) >= 11 is 0. The highest BCUT2D eigenvalue weighted by Gasteiger charge is 2.16. The van der Waals surface area contributed by atoms with Gasteiger partial charge < -0.3 is 14.8 Å². The first-order valence-electron chi connectivity index (χ1n) is 4.85.